The highest BCUT2D eigenvalue weighted by Gasteiger charge is 2.76. The van der Waals surface area contributed by atoms with Crippen molar-refractivity contribution in [3.8, 4) is 0 Å². The van der Waals surface area contributed by atoms with Crippen LogP contribution in [0.25, 0.3) is 0 Å². The Labute approximate surface area is 208 Å². The van der Waals surface area contributed by atoms with Crippen molar-refractivity contribution >= 4 is 29.5 Å². The van der Waals surface area contributed by atoms with E-state index in [0.717, 1.165) is 12.8 Å². The molecule has 0 aromatic carbocycles. The molecule has 2 bridgehead atoms. The van der Waals surface area contributed by atoms with Gasteiger partial charge in [0, 0.05) is 23.9 Å². The Morgan fingerprint density at radius 3 is 2.50 bits per heavy atom. The maximum Gasteiger partial charge on any atom is 0.310 e. The molecule has 0 radical (unpaired) electrons. The summed E-state index contributed by atoms with van der Waals surface area (Å²) in [6.45, 7) is 18.8. The van der Waals surface area contributed by atoms with E-state index in [0.29, 0.717) is 6.54 Å². The predicted molar refractivity (Wildman–Crippen MR) is 134 cm³/mol. The number of thioether (sulfide) groups is 1. The third kappa shape index (κ3) is 4.29. The number of fused-ring (bicyclic) bond motifs is 1. The Morgan fingerprint density at radius 2 is 1.97 bits per heavy atom. The van der Waals surface area contributed by atoms with Crippen LogP contribution in [0, 0.1) is 23.2 Å². The Bertz CT molecular complexity index is 838. The van der Waals surface area contributed by atoms with E-state index in [-0.39, 0.29) is 54.1 Å². The summed E-state index contributed by atoms with van der Waals surface area (Å²) < 4.78 is 4.67. The van der Waals surface area contributed by atoms with Crippen LogP contribution >= 0.6 is 11.8 Å². The van der Waals surface area contributed by atoms with Crippen molar-refractivity contribution in [2.75, 3.05) is 26.3 Å². The van der Waals surface area contributed by atoms with Gasteiger partial charge in [-0.25, -0.2) is 0 Å². The molecule has 0 aromatic rings. The molecule has 3 aliphatic rings. The van der Waals surface area contributed by atoms with Crippen LogP contribution in [0.4, 0.5) is 0 Å². The number of nitrogens with zero attached hydrogens (tertiary/aromatic N) is 2. The van der Waals surface area contributed by atoms with Gasteiger partial charge in [-0.3, -0.25) is 14.4 Å². The second-order valence-electron chi connectivity index (χ2n) is 11.8. The maximum atomic E-state index is 14.4. The molecule has 34 heavy (non-hydrogen) atoms. The number of aliphatic hydroxyl groups is 1. The van der Waals surface area contributed by atoms with E-state index in [4.69, 9.17) is 4.74 Å². The van der Waals surface area contributed by atoms with Crippen molar-refractivity contribution in [3.05, 3.63) is 12.7 Å². The highest BCUT2D eigenvalue weighted by molar-refractivity contribution is 8.02. The van der Waals surface area contributed by atoms with E-state index in [1.165, 1.54) is 0 Å². The monoisotopic (exact) mass is 494 g/mol. The zero-order chi connectivity index (χ0) is 25.6. The Hall–Kier alpha value is -1.54. The van der Waals surface area contributed by atoms with Gasteiger partial charge in [0.05, 0.1) is 29.8 Å². The number of carbonyl (C=O) groups excluding carboxylic acids is 3. The summed E-state index contributed by atoms with van der Waals surface area (Å²) in [5, 5.41) is 9.78. The smallest absolute Gasteiger partial charge is 0.310 e. The molecular weight excluding hydrogens is 452 g/mol. The highest BCUT2D eigenvalue weighted by Crippen LogP contribution is 2.68. The molecule has 0 saturated carbocycles. The summed E-state index contributed by atoms with van der Waals surface area (Å²) in [6.07, 6.45) is 3.27. The lowest BCUT2D eigenvalue weighted by molar-refractivity contribution is -0.154. The van der Waals surface area contributed by atoms with Gasteiger partial charge in [0.15, 0.2) is 0 Å². The van der Waals surface area contributed by atoms with Gasteiger partial charge < -0.3 is 19.6 Å². The van der Waals surface area contributed by atoms with Crippen molar-refractivity contribution in [2.24, 2.45) is 23.2 Å². The molecule has 0 aliphatic carbocycles. The van der Waals surface area contributed by atoms with E-state index in [9.17, 15) is 19.5 Å². The first kappa shape index (κ1) is 27.1. The lowest BCUT2D eigenvalue weighted by Gasteiger charge is -2.46. The van der Waals surface area contributed by atoms with Gasteiger partial charge in [-0.15, -0.1) is 18.3 Å². The molecule has 3 heterocycles. The van der Waals surface area contributed by atoms with E-state index < -0.39 is 28.2 Å². The van der Waals surface area contributed by atoms with Crippen molar-refractivity contribution in [1.29, 1.82) is 0 Å². The standard InChI is InChI=1S/C26H42N2O5S/c1-9-11-28(25(7,8)15-24(4,5)6)22(31)20-26-16(3)14-17(34-26)18(23(32)33-10-2)19(26)21(30)27(20)12-13-29/h9,16-20,29H,1,10-15H2,2-8H3/t16?,17-,18+,19-,20?,26?/m0/s1. The second-order valence-corrected chi connectivity index (χ2v) is 13.4. The average Bonchev–Trinajstić information content (AvgIpc) is 3.28. The fourth-order valence-corrected chi connectivity index (χ4v) is 9.36. The van der Waals surface area contributed by atoms with Crippen LogP contribution in [0.3, 0.4) is 0 Å². The van der Waals surface area contributed by atoms with E-state index in [1.54, 1.807) is 29.7 Å². The largest absolute Gasteiger partial charge is 0.466 e. The molecule has 6 atom stereocenters. The van der Waals surface area contributed by atoms with E-state index in [2.05, 4.69) is 48.1 Å². The molecule has 3 aliphatic heterocycles. The number of amides is 2. The number of rotatable bonds is 9. The number of likely N-dealkylation sites (tertiary alicyclic amines) is 1. The molecule has 192 valence electrons. The lowest BCUT2D eigenvalue weighted by Crippen LogP contribution is -2.61. The summed E-state index contributed by atoms with van der Waals surface area (Å²) in [4.78, 5) is 44.6. The van der Waals surface area contributed by atoms with E-state index in [1.807, 2.05) is 4.90 Å². The molecule has 0 aromatic heterocycles. The number of hydrogen-bond donors (Lipinski definition) is 1. The Balaban J connectivity index is 2.09. The first-order chi connectivity index (χ1) is 15.8. The third-order valence-electron chi connectivity index (χ3n) is 7.65. The zero-order valence-electron chi connectivity index (χ0n) is 21.8. The number of ether oxygens (including phenoxy) is 1. The Kier molecular flexibility index (Phi) is 7.55. The number of aliphatic hydroxyl groups excluding tert-OH is 1. The van der Waals surface area contributed by atoms with Crippen molar-refractivity contribution in [1.82, 2.24) is 9.80 Å². The fraction of sp³-hybridized carbons (Fsp3) is 0.808. The average molecular weight is 495 g/mol. The molecule has 3 rings (SSSR count). The molecule has 7 nitrogen and oxygen atoms in total. The summed E-state index contributed by atoms with van der Waals surface area (Å²) >= 11 is 1.63. The maximum absolute atomic E-state index is 14.4. The molecular formula is C26H42N2O5S. The van der Waals surface area contributed by atoms with Crippen molar-refractivity contribution in [3.63, 3.8) is 0 Å². The van der Waals surface area contributed by atoms with Gasteiger partial charge >= 0.3 is 5.97 Å². The molecule has 1 spiro atoms. The number of carbonyl (C=O) groups is 3. The van der Waals surface area contributed by atoms with Crippen LogP contribution in [0.1, 0.15) is 61.3 Å². The summed E-state index contributed by atoms with van der Waals surface area (Å²) in [6, 6.07) is -0.735. The minimum atomic E-state index is -0.735. The molecule has 2 amide bonds. The van der Waals surface area contributed by atoms with E-state index >= 15 is 0 Å². The van der Waals surface area contributed by atoms with Gasteiger partial charge in [-0.1, -0.05) is 33.8 Å². The third-order valence-corrected chi connectivity index (χ3v) is 9.73. The number of β-amino-alcohol motifs (C(OH)–C–C–N with tert-alkyl or cyclic N) is 1. The van der Waals surface area contributed by atoms with Crippen LogP contribution in [-0.4, -0.2) is 80.6 Å². The first-order valence-corrected chi connectivity index (χ1v) is 13.3. The van der Waals surface area contributed by atoms with Crippen LogP contribution in [0.2, 0.25) is 0 Å². The molecule has 3 fully saturated rings. The summed E-state index contributed by atoms with van der Waals surface area (Å²) in [5.41, 5.74) is -0.486. The van der Waals surface area contributed by atoms with Crippen LogP contribution in [0.15, 0.2) is 12.7 Å². The SMILES string of the molecule is C=CCN(C(=O)C1N(CCO)C(=O)[C@@H]2[C@H](C(=O)OCC)[C@@H]3CC(C)C12S3)C(C)(C)CC(C)(C)C. The van der Waals surface area contributed by atoms with Gasteiger partial charge in [0.1, 0.15) is 6.04 Å². The van der Waals surface area contributed by atoms with Crippen molar-refractivity contribution < 1.29 is 24.2 Å². The first-order valence-electron chi connectivity index (χ1n) is 12.4. The van der Waals surface area contributed by atoms with Crippen molar-refractivity contribution in [2.45, 2.75) is 82.9 Å². The fourth-order valence-electron chi connectivity index (χ4n) is 6.96. The van der Waals surface area contributed by atoms with Crippen LogP contribution < -0.4 is 0 Å². The van der Waals surface area contributed by atoms with Gasteiger partial charge in [0.25, 0.3) is 0 Å². The summed E-state index contributed by atoms with van der Waals surface area (Å²) in [7, 11) is 0. The molecule has 3 saturated heterocycles. The normalized spacial score (nSPS) is 32.6. The topological polar surface area (TPSA) is 87.2 Å². The van der Waals surface area contributed by atoms with Crippen LogP contribution in [-0.2, 0) is 19.1 Å². The number of hydrogen-bond acceptors (Lipinski definition) is 6. The number of esters is 1. The highest BCUT2D eigenvalue weighted by atomic mass is 32.2. The molecule has 1 N–H and O–H groups in total. The molecule has 8 heteroatoms. The van der Waals surface area contributed by atoms with Gasteiger partial charge in [-0.2, -0.15) is 0 Å². The van der Waals surface area contributed by atoms with Gasteiger partial charge in [0.2, 0.25) is 11.8 Å². The quantitative estimate of drug-likeness (QED) is 0.392. The lowest BCUT2D eigenvalue weighted by atomic mass is 9.66. The van der Waals surface area contributed by atoms with Crippen LogP contribution in [0.5, 0.6) is 0 Å². The Morgan fingerprint density at radius 1 is 1.32 bits per heavy atom. The second kappa shape index (κ2) is 9.49. The molecule has 3 unspecified atom stereocenters. The minimum absolute atomic E-state index is 0.0108. The van der Waals surface area contributed by atoms with Gasteiger partial charge in [-0.05, 0) is 44.9 Å². The minimum Gasteiger partial charge on any atom is -0.466 e. The summed E-state index contributed by atoms with van der Waals surface area (Å²) in [5.74, 6) is -1.76. The zero-order valence-corrected chi connectivity index (χ0v) is 22.6. The predicted octanol–water partition coefficient (Wildman–Crippen LogP) is 3.11.